The lowest BCUT2D eigenvalue weighted by Gasteiger charge is -2.21. The van der Waals surface area contributed by atoms with Crippen molar-refractivity contribution < 1.29 is 9.47 Å². The van der Waals surface area contributed by atoms with Crippen LogP contribution in [0, 0.1) is 10.7 Å². The van der Waals surface area contributed by atoms with Gasteiger partial charge in [0.2, 0.25) is 5.88 Å². The molecule has 19 heavy (non-hydrogen) atoms. The number of imidazole rings is 1. The number of methoxy groups -OCH3 is 2. The van der Waals surface area contributed by atoms with Crippen LogP contribution < -0.4 is 4.74 Å². The highest BCUT2D eigenvalue weighted by Crippen LogP contribution is 2.26. The van der Waals surface area contributed by atoms with Crippen molar-refractivity contribution in [1.82, 2.24) is 19.5 Å². The van der Waals surface area contributed by atoms with Gasteiger partial charge in [0, 0.05) is 7.11 Å². The van der Waals surface area contributed by atoms with E-state index in [1.807, 2.05) is 4.57 Å². The summed E-state index contributed by atoms with van der Waals surface area (Å²) in [6.45, 7) is 4.83. The smallest absolute Gasteiger partial charge is 0.242 e. The second-order valence-electron chi connectivity index (χ2n) is 4.65. The number of rotatable bonds is 5. The molecule has 2 heterocycles. The van der Waals surface area contributed by atoms with Crippen LogP contribution >= 0.6 is 12.2 Å². The number of fused-ring (bicyclic) bond motifs is 1. The third kappa shape index (κ3) is 2.48. The summed E-state index contributed by atoms with van der Waals surface area (Å²) in [5.74, 6) is 0.862. The molecule has 1 atom stereocenters. The summed E-state index contributed by atoms with van der Waals surface area (Å²) in [6, 6.07) is 0.117. The van der Waals surface area contributed by atoms with Crippen molar-refractivity contribution in [3.8, 4) is 5.88 Å². The van der Waals surface area contributed by atoms with Crippen molar-refractivity contribution in [3.05, 3.63) is 11.1 Å². The van der Waals surface area contributed by atoms with Crippen LogP contribution in [0.2, 0.25) is 0 Å². The predicted molar refractivity (Wildman–Crippen MR) is 75.0 cm³/mol. The highest BCUT2D eigenvalue weighted by Gasteiger charge is 2.21. The lowest BCUT2D eigenvalue weighted by atomic mass is 10.1. The van der Waals surface area contributed by atoms with Gasteiger partial charge in [0.1, 0.15) is 11.8 Å². The van der Waals surface area contributed by atoms with E-state index in [2.05, 4.69) is 28.8 Å². The maximum Gasteiger partial charge on any atom is 0.242 e. The van der Waals surface area contributed by atoms with Gasteiger partial charge in [-0.15, -0.1) is 0 Å². The van der Waals surface area contributed by atoms with Crippen molar-refractivity contribution in [1.29, 1.82) is 0 Å². The maximum atomic E-state index is 5.40. The van der Waals surface area contributed by atoms with Crippen LogP contribution in [-0.4, -0.2) is 40.3 Å². The van der Waals surface area contributed by atoms with Gasteiger partial charge < -0.3 is 14.5 Å². The Hall–Kier alpha value is -1.47. The number of nitrogens with zero attached hydrogens (tertiary/aromatic N) is 3. The summed E-state index contributed by atoms with van der Waals surface area (Å²) in [5.41, 5.74) is 1.46. The molecule has 0 fully saturated rings. The molecule has 0 aliphatic rings. The predicted octanol–water partition coefficient (Wildman–Crippen LogP) is 2.34. The van der Waals surface area contributed by atoms with E-state index in [9.17, 15) is 0 Å². The highest BCUT2D eigenvalue weighted by molar-refractivity contribution is 7.71. The van der Waals surface area contributed by atoms with Crippen molar-refractivity contribution in [2.75, 3.05) is 20.8 Å². The van der Waals surface area contributed by atoms with Crippen molar-refractivity contribution >= 4 is 23.4 Å². The second kappa shape index (κ2) is 5.66. The molecule has 1 N–H and O–H groups in total. The fourth-order valence-electron chi connectivity index (χ4n) is 2.11. The lowest BCUT2D eigenvalue weighted by molar-refractivity contribution is 0.134. The van der Waals surface area contributed by atoms with Crippen LogP contribution in [-0.2, 0) is 4.74 Å². The molecule has 0 bridgehead atoms. The maximum absolute atomic E-state index is 5.40. The van der Waals surface area contributed by atoms with Crippen LogP contribution in [0.15, 0.2) is 6.33 Å². The van der Waals surface area contributed by atoms with E-state index in [0.29, 0.717) is 23.2 Å². The van der Waals surface area contributed by atoms with Gasteiger partial charge in [-0.3, -0.25) is 4.57 Å². The molecular weight excluding hydrogens is 264 g/mol. The van der Waals surface area contributed by atoms with E-state index in [0.717, 1.165) is 11.2 Å². The summed E-state index contributed by atoms with van der Waals surface area (Å²) in [5, 5.41) is 0. The minimum absolute atomic E-state index is 0.117. The van der Waals surface area contributed by atoms with E-state index >= 15 is 0 Å². The molecule has 0 radical (unpaired) electrons. The summed E-state index contributed by atoms with van der Waals surface area (Å²) < 4.78 is 13.1. The third-order valence-corrected chi connectivity index (χ3v) is 3.40. The topological polar surface area (TPSA) is 65.0 Å². The zero-order valence-corrected chi connectivity index (χ0v) is 12.3. The molecule has 0 saturated carbocycles. The standard InChI is InChI=1S/C12H18N4O2S/c1-7(2)8(5-17-3)16-10-9(15-12(16)19)11(18-4)14-6-13-10/h6-8H,5H2,1-4H3,(H,15,19). The molecule has 104 valence electrons. The van der Waals surface area contributed by atoms with Crippen LogP contribution in [0.3, 0.4) is 0 Å². The van der Waals surface area contributed by atoms with Gasteiger partial charge in [-0.05, 0) is 18.1 Å². The molecule has 1 unspecified atom stereocenters. The van der Waals surface area contributed by atoms with Gasteiger partial charge in [-0.2, -0.15) is 4.98 Å². The van der Waals surface area contributed by atoms with E-state index in [1.54, 1.807) is 14.2 Å². The largest absolute Gasteiger partial charge is 0.479 e. The first-order valence-electron chi connectivity index (χ1n) is 6.08. The van der Waals surface area contributed by atoms with Gasteiger partial charge in [-0.25, -0.2) is 4.98 Å². The quantitative estimate of drug-likeness (QED) is 0.853. The second-order valence-corrected chi connectivity index (χ2v) is 5.04. The number of ether oxygens (including phenoxy) is 2. The summed E-state index contributed by atoms with van der Waals surface area (Å²) >= 11 is 5.40. The average Bonchev–Trinajstić information content (AvgIpc) is 2.71. The van der Waals surface area contributed by atoms with Crippen LogP contribution in [0.5, 0.6) is 5.88 Å². The zero-order valence-electron chi connectivity index (χ0n) is 11.5. The minimum Gasteiger partial charge on any atom is -0.479 e. The summed E-state index contributed by atoms with van der Waals surface area (Å²) in [6.07, 6.45) is 1.48. The average molecular weight is 282 g/mol. The van der Waals surface area contributed by atoms with Crippen LogP contribution in [0.4, 0.5) is 0 Å². The molecule has 0 saturated heterocycles. The number of aromatic amines is 1. The Kier molecular flexibility index (Phi) is 4.16. The Morgan fingerprint density at radius 3 is 2.68 bits per heavy atom. The van der Waals surface area contributed by atoms with Gasteiger partial charge in [0.15, 0.2) is 10.4 Å². The molecule has 0 aromatic carbocycles. The fourth-order valence-corrected chi connectivity index (χ4v) is 2.44. The van der Waals surface area contributed by atoms with E-state index in [-0.39, 0.29) is 6.04 Å². The first-order valence-corrected chi connectivity index (χ1v) is 6.49. The third-order valence-electron chi connectivity index (χ3n) is 3.10. The Bertz CT molecular complexity index is 620. The molecule has 2 rings (SSSR count). The Morgan fingerprint density at radius 2 is 2.11 bits per heavy atom. The molecule has 0 amide bonds. The number of hydrogen-bond acceptors (Lipinski definition) is 5. The van der Waals surface area contributed by atoms with Crippen molar-refractivity contribution in [2.45, 2.75) is 19.9 Å². The van der Waals surface area contributed by atoms with Crippen molar-refractivity contribution in [3.63, 3.8) is 0 Å². The van der Waals surface area contributed by atoms with Crippen molar-refractivity contribution in [2.24, 2.45) is 5.92 Å². The molecule has 2 aromatic heterocycles. The lowest BCUT2D eigenvalue weighted by Crippen LogP contribution is -2.20. The Balaban J connectivity index is 2.66. The minimum atomic E-state index is 0.117. The highest BCUT2D eigenvalue weighted by atomic mass is 32.1. The molecule has 0 spiro atoms. The Labute approximate surface area is 116 Å². The summed E-state index contributed by atoms with van der Waals surface area (Å²) in [7, 11) is 3.26. The Morgan fingerprint density at radius 1 is 1.37 bits per heavy atom. The first kappa shape index (κ1) is 14.0. The van der Waals surface area contributed by atoms with Crippen LogP contribution in [0.1, 0.15) is 19.9 Å². The first-order chi connectivity index (χ1) is 9.10. The normalized spacial score (nSPS) is 13.1. The number of nitrogens with one attached hydrogen (secondary N) is 1. The number of aromatic nitrogens is 4. The molecule has 7 heteroatoms. The number of hydrogen-bond donors (Lipinski definition) is 1. The molecular formula is C12H18N4O2S. The summed E-state index contributed by atoms with van der Waals surface area (Å²) in [4.78, 5) is 11.5. The number of H-pyrrole nitrogens is 1. The molecule has 2 aromatic rings. The molecule has 6 nitrogen and oxygen atoms in total. The monoisotopic (exact) mass is 282 g/mol. The van der Waals surface area contributed by atoms with Gasteiger partial charge in [0.05, 0.1) is 19.8 Å². The SMILES string of the molecule is COCC(C(C)C)n1c(=S)[nH]c2c(OC)ncnc21. The van der Waals surface area contributed by atoms with Gasteiger partial charge >= 0.3 is 0 Å². The van der Waals surface area contributed by atoms with E-state index in [4.69, 9.17) is 21.7 Å². The van der Waals surface area contributed by atoms with Crippen LogP contribution in [0.25, 0.3) is 11.2 Å². The van der Waals surface area contributed by atoms with E-state index in [1.165, 1.54) is 6.33 Å². The van der Waals surface area contributed by atoms with E-state index < -0.39 is 0 Å². The molecule has 0 aliphatic heterocycles. The van der Waals surface area contributed by atoms with Gasteiger partial charge in [-0.1, -0.05) is 13.8 Å². The molecule has 0 aliphatic carbocycles. The zero-order chi connectivity index (χ0) is 14.0. The fraction of sp³-hybridized carbons (Fsp3) is 0.583. The van der Waals surface area contributed by atoms with Gasteiger partial charge in [0.25, 0.3) is 0 Å².